The smallest absolute Gasteiger partial charge is 0.0711 e. The lowest BCUT2D eigenvalue weighted by Crippen LogP contribution is -1.88. The second kappa shape index (κ2) is 3.26. The Hall–Kier alpha value is -1.63. The van der Waals surface area contributed by atoms with Crippen LogP contribution in [0.15, 0.2) is 36.9 Å². The van der Waals surface area contributed by atoms with Crippen LogP contribution in [0.5, 0.6) is 0 Å². The van der Waals surface area contributed by atoms with Crippen molar-refractivity contribution in [2.24, 2.45) is 0 Å². The van der Waals surface area contributed by atoms with Crippen molar-refractivity contribution in [1.82, 2.24) is 4.98 Å². The Kier molecular flexibility index (Phi) is 2.08. The maximum atomic E-state index is 4.48. The molecule has 0 aliphatic carbocycles. The fourth-order valence-electron chi connectivity index (χ4n) is 1.66. The second-order valence-electron chi connectivity index (χ2n) is 3.61. The number of nitrogens with zero attached hydrogens (tertiary/aromatic N) is 1. The van der Waals surface area contributed by atoms with Gasteiger partial charge in [0.2, 0.25) is 0 Å². The van der Waals surface area contributed by atoms with Crippen LogP contribution >= 0.6 is 0 Å². The average molecular weight is 183 g/mol. The molecule has 0 atom stereocenters. The molecule has 0 amide bonds. The van der Waals surface area contributed by atoms with Gasteiger partial charge in [0, 0.05) is 11.1 Å². The van der Waals surface area contributed by atoms with Gasteiger partial charge in [-0.15, -0.1) is 0 Å². The number of allylic oxidation sites excluding steroid dienone is 1. The Morgan fingerprint density at radius 2 is 2.00 bits per heavy atom. The van der Waals surface area contributed by atoms with Gasteiger partial charge in [0.1, 0.15) is 0 Å². The van der Waals surface area contributed by atoms with Crippen molar-refractivity contribution in [1.29, 1.82) is 0 Å². The quantitative estimate of drug-likeness (QED) is 0.658. The van der Waals surface area contributed by atoms with Crippen molar-refractivity contribution in [2.75, 3.05) is 0 Å². The normalized spacial score (nSPS) is 10.4. The highest BCUT2D eigenvalue weighted by molar-refractivity contribution is 5.90. The van der Waals surface area contributed by atoms with Gasteiger partial charge in [-0.25, -0.2) is 0 Å². The van der Waals surface area contributed by atoms with Crippen molar-refractivity contribution in [2.45, 2.75) is 13.8 Å². The maximum Gasteiger partial charge on any atom is 0.0711 e. The Bertz CT molecular complexity index is 498. The third-order valence-corrected chi connectivity index (χ3v) is 2.30. The van der Waals surface area contributed by atoms with Crippen molar-refractivity contribution < 1.29 is 0 Å². The molecule has 1 aromatic carbocycles. The molecule has 0 spiro atoms. The summed E-state index contributed by atoms with van der Waals surface area (Å²) < 4.78 is 0. The highest BCUT2D eigenvalue weighted by atomic mass is 14.7. The predicted molar refractivity (Wildman–Crippen MR) is 61.2 cm³/mol. The third-order valence-electron chi connectivity index (χ3n) is 2.30. The Labute approximate surface area is 84.1 Å². The molecule has 2 aromatic rings. The molecule has 1 nitrogen and oxygen atoms in total. The Balaban J connectivity index is 2.87. The molecule has 0 aliphatic heterocycles. The first-order chi connectivity index (χ1) is 6.68. The van der Waals surface area contributed by atoms with E-state index in [-0.39, 0.29) is 0 Å². The van der Waals surface area contributed by atoms with Gasteiger partial charge in [0.15, 0.2) is 0 Å². The summed E-state index contributed by atoms with van der Waals surface area (Å²) in [7, 11) is 0. The van der Waals surface area contributed by atoms with Gasteiger partial charge in [-0.1, -0.05) is 30.4 Å². The largest absolute Gasteiger partial charge is 0.253 e. The fourth-order valence-corrected chi connectivity index (χ4v) is 1.66. The van der Waals surface area contributed by atoms with E-state index < -0.39 is 0 Å². The number of hydrogen-bond donors (Lipinski definition) is 0. The lowest BCUT2D eigenvalue weighted by Gasteiger charge is -2.06. The topological polar surface area (TPSA) is 12.9 Å². The number of fused-ring (bicyclic) bond motifs is 1. The molecule has 2 rings (SSSR count). The van der Waals surface area contributed by atoms with E-state index in [0.29, 0.717) is 0 Å². The molecule has 0 N–H and O–H groups in total. The highest BCUT2D eigenvalue weighted by Gasteiger charge is 2.02. The van der Waals surface area contributed by atoms with Crippen LogP contribution in [0, 0.1) is 6.92 Å². The first kappa shape index (κ1) is 8.95. The Morgan fingerprint density at radius 3 is 2.71 bits per heavy atom. The van der Waals surface area contributed by atoms with Crippen LogP contribution in [-0.2, 0) is 0 Å². The number of aryl methyl sites for hydroxylation is 1. The van der Waals surface area contributed by atoms with E-state index in [1.54, 1.807) is 0 Å². The number of aromatic nitrogens is 1. The molecule has 0 saturated carbocycles. The van der Waals surface area contributed by atoms with Gasteiger partial charge in [-0.3, -0.25) is 4.98 Å². The summed E-state index contributed by atoms with van der Waals surface area (Å²) in [5.41, 5.74) is 4.38. The summed E-state index contributed by atoms with van der Waals surface area (Å²) in [4.78, 5) is 4.48. The summed E-state index contributed by atoms with van der Waals surface area (Å²) in [5, 5.41) is 1.19. The summed E-state index contributed by atoms with van der Waals surface area (Å²) in [6, 6.07) is 10.3. The minimum Gasteiger partial charge on any atom is -0.253 e. The molecule has 14 heavy (non-hydrogen) atoms. The predicted octanol–water partition coefficient (Wildman–Crippen LogP) is 3.58. The number of rotatable bonds is 1. The van der Waals surface area contributed by atoms with Crippen molar-refractivity contribution >= 4 is 16.5 Å². The summed E-state index contributed by atoms with van der Waals surface area (Å²) in [6.45, 7) is 8.03. The molecule has 1 heteroatoms. The van der Waals surface area contributed by atoms with Crippen LogP contribution in [0.4, 0.5) is 0 Å². The summed E-state index contributed by atoms with van der Waals surface area (Å²) >= 11 is 0. The molecule has 1 heterocycles. The van der Waals surface area contributed by atoms with E-state index in [1.165, 1.54) is 10.9 Å². The lowest BCUT2D eigenvalue weighted by molar-refractivity contribution is 1.25. The molecular weight excluding hydrogens is 170 g/mol. The van der Waals surface area contributed by atoms with E-state index in [4.69, 9.17) is 0 Å². The van der Waals surface area contributed by atoms with Crippen LogP contribution < -0.4 is 0 Å². The monoisotopic (exact) mass is 183 g/mol. The highest BCUT2D eigenvalue weighted by Crippen LogP contribution is 2.23. The fraction of sp³-hybridized carbons (Fsp3) is 0.154. The maximum absolute atomic E-state index is 4.48. The van der Waals surface area contributed by atoms with Crippen molar-refractivity contribution in [3.05, 3.63) is 48.2 Å². The zero-order valence-corrected chi connectivity index (χ0v) is 8.54. The third kappa shape index (κ3) is 1.41. The van der Waals surface area contributed by atoms with E-state index in [1.807, 2.05) is 32.0 Å². The minimum absolute atomic E-state index is 1.04. The van der Waals surface area contributed by atoms with Crippen molar-refractivity contribution in [3.63, 3.8) is 0 Å². The average Bonchev–Trinajstić information content (AvgIpc) is 2.16. The molecule has 0 unspecified atom stereocenters. The van der Waals surface area contributed by atoms with Gasteiger partial charge >= 0.3 is 0 Å². The molecule has 70 valence electrons. The van der Waals surface area contributed by atoms with Crippen LogP contribution in [0.2, 0.25) is 0 Å². The number of hydrogen-bond acceptors (Lipinski definition) is 1. The van der Waals surface area contributed by atoms with E-state index >= 15 is 0 Å². The van der Waals surface area contributed by atoms with Crippen molar-refractivity contribution in [3.8, 4) is 0 Å². The molecule has 0 radical (unpaired) electrons. The van der Waals surface area contributed by atoms with Gasteiger partial charge in [-0.2, -0.15) is 0 Å². The van der Waals surface area contributed by atoms with Gasteiger partial charge < -0.3 is 0 Å². The zero-order valence-electron chi connectivity index (χ0n) is 8.54. The SMILES string of the molecule is C=C(C)c1cc(C)nc2ccccc12. The zero-order chi connectivity index (χ0) is 10.1. The number of pyridine rings is 1. The second-order valence-corrected chi connectivity index (χ2v) is 3.61. The molecule has 0 bridgehead atoms. The minimum atomic E-state index is 1.04. The van der Waals surface area contributed by atoms with Crippen LogP contribution in [0.1, 0.15) is 18.2 Å². The molecule has 0 aliphatic rings. The standard InChI is InChI=1S/C13H13N/c1-9(2)12-8-10(3)14-13-7-5-4-6-11(12)13/h4-8H,1H2,2-3H3. The van der Waals surface area contributed by atoms with E-state index in [0.717, 1.165) is 16.8 Å². The molecule has 1 aromatic heterocycles. The van der Waals surface area contributed by atoms with Gasteiger partial charge in [0.05, 0.1) is 5.52 Å². The molecular formula is C13H13N. The first-order valence-corrected chi connectivity index (χ1v) is 4.71. The summed E-state index contributed by atoms with van der Waals surface area (Å²) in [6.07, 6.45) is 0. The number of benzene rings is 1. The Morgan fingerprint density at radius 1 is 1.29 bits per heavy atom. The van der Waals surface area contributed by atoms with Gasteiger partial charge in [-0.05, 0) is 31.5 Å². The van der Waals surface area contributed by atoms with Crippen LogP contribution in [0.25, 0.3) is 16.5 Å². The first-order valence-electron chi connectivity index (χ1n) is 4.71. The van der Waals surface area contributed by atoms with Crippen LogP contribution in [-0.4, -0.2) is 4.98 Å². The molecule has 0 fully saturated rings. The lowest BCUT2D eigenvalue weighted by atomic mass is 10.0. The number of para-hydroxylation sites is 1. The summed E-state index contributed by atoms with van der Waals surface area (Å²) in [5.74, 6) is 0. The van der Waals surface area contributed by atoms with Crippen LogP contribution in [0.3, 0.4) is 0 Å². The molecule has 0 saturated heterocycles. The van der Waals surface area contributed by atoms with E-state index in [2.05, 4.69) is 23.7 Å². The van der Waals surface area contributed by atoms with Gasteiger partial charge in [0.25, 0.3) is 0 Å². The van der Waals surface area contributed by atoms with E-state index in [9.17, 15) is 0 Å².